The van der Waals surface area contributed by atoms with Crippen molar-refractivity contribution in [3.63, 3.8) is 0 Å². The fraction of sp³-hybridized carbons (Fsp3) is 0.312. The minimum Gasteiger partial charge on any atom is -0.476 e. The second kappa shape index (κ2) is 8.72. The molecule has 1 aromatic carbocycles. The molecule has 25 heavy (non-hydrogen) atoms. The van der Waals surface area contributed by atoms with E-state index in [0.717, 1.165) is 16.9 Å². The number of hydrogen-bond acceptors (Lipinski definition) is 6. The topological polar surface area (TPSA) is 113 Å². The van der Waals surface area contributed by atoms with Gasteiger partial charge in [-0.05, 0) is 18.4 Å². The lowest BCUT2D eigenvalue weighted by Gasteiger charge is -2.05. The highest BCUT2D eigenvalue weighted by Gasteiger charge is 2.17. The van der Waals surface area contributed by atoms with Crippen molar-refractivity contribution in [3.8, 4) is 0 Å². The van der Waals surface area contributed by atoms with Gasteiger partial charge in [-0.15, -0.1) is 11.3 Å². The Morgan fingerprint density at radius 2 is 1.92 bits per heavy atom. The third kappa shape index (κ3) is 6.63. The number of aromatic carboxylic acids is 1. The lowest BCUT2D eigenvalue weighted by Crippen LogP contribution is -2.31. The van der Waals surface area contributed by atoms with Crippen LogP contribution in [0.5, 0.6) is 0 Å². The monoisotopic (exact) mass is 382 g/mol. The molecule has 0 aliphatic heterocycles. The van der Waals surface area contributed by atoms with E-state index in [1.165, 1.54) is 5.38 Å². The maximum atomic E-state index is 12.0. The predicted molar refractivity (Wildman–Crippen MR) is 94.3 cm³/mol. The van der Waals surface area contributed by atoms with E-state index in [-0.39, 0.29) is 18.0 Å². The van der Waals surface area contributed by atoms with E-state index in [2.05, 4.69) is 10.3 Å². The van der Waals surface area contributed by atoms with Gasteiger partial charge in [0.1, 0.15) is 10.8 Å². The molecule has 0 atom stereocenters. The van der Waals surface area contributed by atoms with Gasteiger partial charge in [-0.3, -0.25) is 4.79 Å². The van der Waals surface area contributed by atoms with Crippen LogP contribution in [0.1, 0.15) is 27.5 Å². The molecule has 0 unspecified atom stereocenters. The molecule has 2 rings (SSSR count). The Balaban J connectivity index is 1.75. The largest absolute Gasteiger partial charge is 0.476 e. The van der Waals surface area contributed by atoms with Gasteiger partial charge in [0, 0.05) is 5.38 Å². The van der Waals surface area contributed by atoms with Crippen LogP contribution in [-0.2, 0) is 27.6 Å². The van der Waals surface area contributed by atoms with Gasteiger partial charge in [-0.25, -0.2) is 18.2 Å². The summed E-state index contributed by atoms with van der Waals surface area (Å²) in [4.78, 5) is 26.3. The third-order valence-corrected chi connectivity index (χ3v) is 5.78. The second-order valence-corrected chi connectivity index (χ2v) is 8.52. The summed E-state index contributed by atoms with van der Waals surface area (Å²) in [6.45, 7) is 0.0102. The second-order valence-electron chi connectivity index (χ2n) is 5.39. The van der Waals surface area contributed by atoms with Crippen molar-refractivity contribution in [3.05, 3.63) is 52.0 Å². The summed E-state index contributed by atoms with van der Waals surface area (Å²) < 4.78 is 24.0. The average molecular weight is 382 g/mol. The highest BCUT2D eigenvalue weighted by molar-refractivity contribution is 7.92. The number of nitrogens with one attached hydrogen (secondary N) is 1. The summed E-state index contributed by atoms with van der Waals surface area (Å²) in [5.74, 6) is -2.41. The van der Waals surface area contributed by atoms with Crippen LogP contribution in [0.15, 0.2) is 35.7 Å². The summed E-state index contributed by atoms with van der Waals surface area (Å²) in [5.41, 5.74) is 0.961. The van der Waals surface area contributed by atoms with Crippen molar-refractivity contribution in [2.24, 2.45) is 0 Å². The average Bonchev–Trinajstić information content (AvgIpc) is 3.02. The summed E-state index contributed by atoms with van der Waals surface area (Å²) in [5, 5.41) is 13.0. The van der Waals surface area contributed by atoms with Crippen molar-refractivity contribution in [2.45, 2.75) is 19.4 Å². The molecule has 0 saturated carbocycles. The summed E-state index contributed by atoms with van der Waals surface area (Å²) >= 11 is 1.09. The molecule has 0 bridgehead atoms. The smallest absolute Gasteiger partial charge is 0.355 e. The highest BCUT2D eigenvalue weighted by atomic mass is 32.2. The number of carboxylic acid groups (broad SMARTS) is 1. The first kappa shape index (κ1) is 19.1. The van der Waals surface area contributed by atoms with Crippen molar-refractivity contribution >= 4 is 33.1 Å². The Kier molecular flexibility index (Phi) is 6.65. The van der Waals surface area contributed by atoms with Crippen LogP contribution in [-0.4, -0.2) is 41.9 Å². The standard InChI is InChI=1S/C16H18N2O5S2/c19-14(17-9-15-18-13(10-24-15)16(20)21)11-25(22,23)8-4-7-12-5-2-1-3-6-12/h1-3,5-6,10H,4,7-9,11H2,(H,17,19)(H,20,21). The molecule has 1 aromatic heterocycles. The first-order valence-electron chi connectivity index (χ1n) is 7.54. The highest BCUT2D eigenvalue weighted by Crippen LogP contribution is 2.09. The number of carbonyl (C=O) groups is 2. The van der Waals surface area contributed by atoms with Crippen LogP contribution in [0.2, 0.25) is 0 Å². The quantitative estimate of drug-likeness (QED) is 0.679. The predicted octanol–water partition coefficient (Wildman–Crippen LogP) is 1.51. The molecule has 1 amide bonds. The van der Waals surface area contributed by atoms with Crippen LogP contribution in [0.25, 0.3) is 0 Å². The molecule has 7 nitrogen and oxygen atoms in total. The molecule has 0 radical (unpaired) electrons. The van der Waals surface area contributed by atoms with Gasteiger partial charge in [0.05, 0.1) is 12.3 Å². The molecule has 1 heterocycles. The van der Waals surface area contributed by atoms with E-state index in [1.54, 1.807) is 0 Å². The van der Waals surface area contributed by atoms with Gasteiger partial charge in [-0.2, -0.15) is 0 Å². The van der Waals surface area contributed by atoms with E-state index in [1.807, 2.05) is 30.3 Å². The molecule has 0 fully saturated rings. The maximum absolute atomic E-state index is 12.0. The molecular weight excluding hydrogens is 364 g/mol. The zero-order chi connectivity index (χ0) is 18.3. The molecule has 0 aliphatic rings. The first-order valence-corrected chi connectivity index (χ1v) is 10.2. The van der Waals surface area contributed by atoms with E-state index in [4.69, 9.17) is 5.11 Å². The van der Waals surface area contributed by atoms with Gasteiger partial charge < -0.3 is 10.4 Å². The van der Waals surface area contributed by atoms with Crippen molar-refractivity contribution < 1.29 is 23.1 Å². The van der Waals surface area contributed by atoms with E-state index in [0.29, 0.717) is 17.8 Å². The van der Waals surface area contributed by atoms with Gasteiger partial charge in [0.2, 0.25) is 5.91 Å². The minimum atomic E-state index is -3.49. The number of carbonyl (C=O) groups excluding carboxylic acids is 1. The Bertz CT molecular complexity index is 831. The minimum absolute atomic E-state index is 0.0102. The number of hydrogen-bond donors (Lipinski definition) is 2. The summed E-state index contributed by atoms with van der Waals surface area (Å²) in [7, 11) is -3.49. The van der Waals surface area contributed by atoms with Gasteiger partial charge in [0.15, 0.2) is 15.5 Å². The number of thiazole rings is 1. The number of amides is 1. The van der Waals surface area contributed by atoms with Crippen LogP contribution in [0.3, 0.4) is 0 Å². The number of sulfone groups is 1. The van der Waals surface area contributed by atoms with Crippen LogP contribution >= 0.6 is 11.3 Å². The lowest BCUT2D eigenvalue weighted by molar-refractivity contribution is -0.118. The zero-order valence-corrected chi connectivity index (χ0v) is 15.0. The van der Waals surface area contributed by atoms with Gasteiger partial charge in [-0.1, -0.05) is 30.3 Å². The van der Waals surface area contributed by atoms with Crippen LogP contribution in [0, 0.1) is 0 Å². The first-order chi connectivity index (χ1) is 11.9. The Labute approximate surface area is 149 Å². The summed E-state index contributed by atoms with van der Waals surface area (Å²) in [6.07, 6.45) is 1.09. The molecular formula is C16H18N2O5S2. The third-order valence-electron chi connectivity index (χ3n) is 3.32. The van der Waals surface area contributed by atoms with Gasteiger partial charge in [0.25, 0.3) is 0 Å². The number of aryl methyl sites for hydroxylation is 1. The molecule has 0 aliphatic carbocycles. The molecule has 2 N–H and O–H groups in total. The van der Waals surface area contributed by atoms with Crippen molar-refractivity contribution in [1.82, 2.24) is 10.3 Å². The zero-order valence-electron chi connectivity index (χ0n) is 13.3. The fourth-order valence-electron chi connectivity index (χ4n) is 2.13. The SMILES string of the molecule is O=C(CS(=O)(=O)CCCc1ccccc1)NCc1nc(C(=O)O)cs1. The van der Waals surface area contributed by atoms with E-state index < -0.39 is 27.5 Å². The Morgan fingerprint density at radius 3 is 2.56 bits per heavy atom. The molecule has 134 valence electrons. The number of carboxylic acids is 1. The lowest BCUT2D eigenvalue weighted by atomic mass is 10.1. The van der Waals surface area contributed by atoms with Crippen molar-refractivity contribution in [2.75, 3.05) is 11.5 Å². The molecule has 9 heteroatoms. The number of benzene rings is 1. The normalized spacial score (nSPS) is 11.2. The van der Waals surface area contributed by atoms with E-state index >= 15 is 0 Å². The Morgan fingerprint density at radius 1 is 1.20 bits per heavy atom. The summed E-state index contributed by atoms with van der Waals surface area (Å²) in [6, 6.07) is 9.54. The molecule has 0 saturated heterocycles. The van der Waals surface area contributed by atoms with Gasteiger partial charge >= 0.3 is 5.97 Å². The Hall–Kier alpha value is -2.26. The number of nitrogens with zero attached hydrogens (tertiary/aromatic N) is 1. The van der Waals surface area contributed by atoms with Crippen LogP contribution < -0.4 is 5.32 Å². The van der Waals surface area contributed by atoms with E-state index in [9.17, 15) is 18.0 Å². The molecule has 0 spiro atoms. The number of aromatic nitrogens is 1. The number of rotatable bonds is 9. The molecule has 2 aromatic rings. The van der Waals surface area contributed by atoms with Crippen molar-refractivity contribution in [1.29, 1.82) is 0 Å². The fourth-order valence-corrected chi connectivity index (χ4v) is 4.07. The van der Waals surface area contributed by atoms with Crippen LogP contribution in [0.4, 0.5) is 0 Å². The maximum Gasteiger partial charge on any atom is 0.355 e.